The van der Waals surface area contributed by atoms with Gasteiger partial charge in [0.15, 0.2) is 0 Å². The second kappa shape index (κ2) is 4.18. The maximum absolute atomic E-state index is 13.6. The van der Waals surface area contributed by atoms with Crippen LogP contribution in [0.2, 0.25) is 0 Å². The molecule has 16 heavy (non-hydrogen) atoms. The summed E-state index contributed by atoms with van der Waals surface area (Å²) in [6, 6.07) is 8.41. The molecule has 1 fully saturated rings. The van der Waals surface area contributed by atoms with Crippen LogP contribution in [0.1, 0.15) is 23.5 Å². The van der Waals surface area contributed by atoms with Gasteiger partial charge in [0.05, 0.1) is 24.1 Å². The van der Waals surface area contributed by atoms with Gasteiger partial charge in [-0.1, -0.05) is 12.1 Å². The van der Waals surface area contributed by atoms with E-state index in [1.165, 1.54) is 0 Å². The third-order valence-corrected chi connectivity index (χ3v) is 2.92. The molecular formula is C12H12F2N2. The highest BCUT2D eigenvalue weighted by molar-refractivity contribution is 5.34. The van der Waals surface area contributed by atoms with Crippen molar-refractivity contribution in [1.29, 1.82) is 5.26 Å². The van der Waals surface area contributed by atoms with Crippen molar-refractivity contribution in [1.82, 2.24) is 5.32 Å². The number of benzene rings is 1. The van der Waals surface area contributed by atoms with Crippen molar-refractivity contribution in [3.63, 3.8) is 0 Å². The van der Waals surface area contributed by atoms with Crippen molar-refractivity contribution in [3.8, 4) is 6.07 Å². The van der Waals surface area contributed by atoms with Crippen LogP contribution in [0.15, 0.2) is 24.3 Å². The molecule has 84 valence electrons. The van der Waals surface area contributed by atoms with E-state index in [-0.39, 0.29) is 6.54 Å². The van der Waals surface area contributed by atoms with Crippen LogP contribution >= 0.6 is 0 Å². The predicted octanol–water partition coefficient (Wildman–Crippen LogP) is 2.27. The molecule has 1 atom stereocenters. The van der Waals surface area contributed by atoms with Gasteiger partial charge in [0.2, 0.25) is 0 Å². The van der Waals surface area contributed by atoms with Gasteiger partial charge in [-0.2, -0.15) is 5.26 Å². The Morgan fingerprint density at radius 2 is 2.00 bits per heavy atom. The monoisotopic (exact) mass is 222 g/mol. The Balaban J connectivity index is 2.25. The molecule has 1 aromatic rings. The Kier molecular flexibility index (Phi) is 2.88. The molecule has 0 spiro atoms. The lowest BCUT2D eigenvalue weighted by atomic mass is 9.87. The van der Waals surface area contributed by atoms with Crippen LogP contribution in [-0.4, -0.2) is 19.0 Å². The second-order valence-corrected chi connectivity index (χ2v) is 4.01. The van der Waals surface area contributed by atoms with Crippen LogP contribution in [0.4, 0.5) is 8.78 Å². The smallest absolute Gasteiger partial charge is 0.267 e. The molecule has 0 bridgehead atoms. The fraction of sp³-hybridized carbons (Fsp3) is 0.417. The van der Waals surface area contributed by atoms with E-state index in [1.807, 2.05) is 6.07 Å². The Hall–Kier alpha value is -1.47. The van der Waals surface area contributed by atoms with Crippen LogP contribution in [0, 0.1) is 11.3 Å². The summed E-state index contributed by atoms with van der Waals surface area (Å²) in [7, 11) is 0. The highest BCUT2D eigenvalue weighted by Gasteiger charge is 2.42. The molecule has 0 aromatic heterocycles. The molecule has 1 heterocycles. The van der Waals surface area contributed by atoms with Crippen LogP contribution in [0.25, 0.3) is 0 Å². The highest BCUT2D eigenvalue weighted by atomic mass is 19.3. The van der Waals surface area contributed by atoms with E-state index in [0.717, 1.165) is 0 Å². The van der Waals surface area contributed by atoms with Crippen molar-refractivity contribution in [2.24, 2.45) is 0 Å². The number of nitrogens with zero attached hydrogens (tertiary/aromatic N) is 1. The number of hydrogen-bond acceptors (Lipinski definition) is 2. The molecule has 0 aliphatic carbocycles. The van der Waals surface area contributed by atoms with Crippen LogP contribution < -0.4 is 5.32 Å². The number of nitriles is 1. The number of hydrogen-bond donors (Lipinski definition) is 1. The molecule has 2 nitrogen and oxygen atoms in total. The van der Waals surface area contributed by atoms with E-state index in [9.17, 15) is 8.78 Å². The SMILES string of the molecule is N#Cc1ccc([C@@H]2CCNCC2(F)F)cc1. The predicted molar refractivity (Wildman–Crippen MR) is 56.3 cm³/mol. The van der Waals surface area contributed by atoms with Gasteiger partial charge in [0.25, 0.3) is 5.92 Å². The fourth-order valence-corrected chi connectivity index (χ4v) is 2.04. The number of halogens is 2. The van der Waals surface area contributed by atoms with Crippen molar-refractivity contribution in [3.05, 3.63) is 35.4 Å². The summed E-state index contributed by atoms with van der Waals surface area (Å²) in [6.45, 7) is 0.345. The first-order valence-electron chi connectivity index (χ1n) is 5.22. The molecule has 0 radical (unpaired) electrons. The van der Waals surface area contributed by atoms with E-state index in [0.29, 0.717) is 24.1 Å². The molecule has 1 N–H and O–H groups in total. The minimum absolute atomic E-state index is 0.266. The molecule has 0 unspecified atom stereocenters. The summed E-state index contributed by atoms with van der Waals surface area (Å²) in [6.07, 6.45) is 0.429. The summed E-state index contributed by atoms with van der Waals surface area (Å²) < 4.78 is 27.2. The number of piperidine rings is 1. The maximum Gasteiger partial charge on any atom is 0.267 e. The lowest BCUT2D eigenvalue weighted by Crippen LogP contribution is -2.44. The molecule has 4 heteroatoms. The highest BCUT2D eigenvalue weighted by Crippen LogP contribution is 2.37. The fourth-order valence-electron chi connectivity index (χ4n) is 2.04. The van der Waals surface area contributed by atoms with E-state index >= 15 is 0 Å². The summed E-state index contributed by atoms with van der Waals surface area (Å²) in [5.74, 6) is -3.44. The van der Waals surface area contributed by atoms with E-state index in [1.54, 1.807) is 24.3 Å². The zero-order chi connectivity index (χ0) is 11.6. The molecule has 2 rings (SSSR count). The van der Waals surface area contributed by atoms with Gasteiger partial charge in [-0.25, -0.2) is 8.78 Å². The normalized spacial score (nSPS) is 23.7. The number of rotatable bonds is 1. The zero-order valence-electron chi connectivity index (χ0n) is 8.71. The van der Waals surface area contributed by atoms with Crippen molar-refractivity contribution < 1.29 is 8.78 Å². The first-order valence-corrected chi connectivity index (χ1v) is 5.22. The lowest BCUT2D eigenvalue weighted by Gasteiger charge is -2.32. The summed E-state index contributed by atoms with van der Waals surface area (Å²) in [5, 5.41) is 11.3. The minimum Gasteiger partial charge on any atom is -0.311 e. The molecule has 1 aliphatic heterocycles. The Morgan fingerprint density at radius 3 is 2.56 bits per heavy atom. The quantitative estimate of drug-likeness (QED) is 0.791. The summed E-state index contributed by atoms with van der Waals surface area (Å²) in [4.78, 5) is 0. The summed E-state index contributed by atoms with van der Waals surface area (Å²) in [5.41, 5.74) is 1.12. The van der Waals surface area contributed by atoms with Crippen LogP contribution in [0.3, 0.4) is 0 Å². The third-order valence-electron chi connectivity index (χ3n) is 2.92. The maximum atomic E-state index is 13.6. The molecular weight excluding hydrogens is 210 g/mol. The van der Waals surface area contributed by atoms with E-state index in [4.69, 9.17) is 5.26 Å². The molecule has 0 saturated carbocycles. The Labute approximate surface area is 92.9 Å². The Bertz CT molecular complexity index is 406. The van der Waals surface area contributed by atoms with Crippen molar-refractivity contribution >= 4 is 0 Å². The summed E-state index contributed by atoms with van der Waals surface area (Å²) >= 11 is 0. The van der Waals surface area contributed by atoms with Gasteiger partial charge < -0.3 is 5.32 Å². The van der Waals surface area contributed by atoms with Gasteiger partial charge in [-0.15, -0.1) is 0 Å². The first kappa shape index (κ1) is 11.0. The standard InChI is InChI=1S/C12H12F2N2/c13-12(14)8-16-6-5-11(12)10-3-1-9(7-15)2-4-10/h1-4,11,16H,5-6,8H2/t11-/m0/s1. The van der Waals surface area contributed by atoms with Crippen LogP contribution in [0.5, 0.6) is 0 Å². The molecule has 1 aliphatic rings. The molecule has 1 aromatic carbocycles. The van der Waals surface area contributed by atoms with E-state index < -0.39 is 11.8 Å². The van der Waals surface area contributed by atoms with Gasteiger partial charge in [-0.05, 0) is 30.7 Å². The zero-order valence-corrected chi connectivity index (χ0v) is 8.71. The minimum atomic E-state index is -2.70. The molecule has 0 amide bonds. The topological polar surface area (TPSA) is 35.8 Å². The number of nitrogens with one attached hydrogen (secondary N) is 1. The van der Waals surface area contributed by atoms with Gasteiger partial charge in [0, 0.05) is 0 Å². The number of alkyl halides is 2. The van der Waals surface area contributed by atoms with Crippen LogP contribution in [-0.2, 0) is 0 Å². The lowest BCUT2D eigenvalue weighted by molar-refractivity contribution is -0.0420. The third kappa shape index (κ3) is 2.05. The van der Waals surface area contributed by atoms with Crippen molar-refractivity contribution in [2.45, 2.75) is 18.3 Å². The molecule has 1 saturated heterocycles. The Morgan fingerprint density at radius 1 is 1.31 bits per heavy atom. The van der Waals surface area contributed by atoms with Gasteiger partial charge >= 0.3 is 0 Å². The van der Waals surface area contributed by atoms with Gasteiger partial charge in [0.1, 0.15) is 0 Å². The first-order chi connectivity index (χ1) is 7.63. The van der Waals surface area contributed by atoms with Crippen molar-refractivity contribution in [2.75, 3.05) is 13.1 Å². The second-order valence-electron chi connectivity index (χ2n) is 4.01. The average molecular weight is 222 g/mol. The van der Waals surface area contributed by atoms with Gasteiger partial charge in [-0.3, -0.25) is 0 Å². The largest absolute Gasteiger partial charge is 0.311 e. The average Bonchev–Trinajstić information content (AvgIpc) is 2.29. The van der Waals surface area contributed by atoms with E-state index in [2.05, 4.69) is 5.32 Å².